The van der Waals surface area contributed by atoms with Crippen molar-refractivity contribution in [1.29, 1.82) is 0 Å². The quantitative estimate of drug-likeness (QED) is 0.570. The third kappa shape index (κ3) is 7.39. The van der Waals surface area contributed by atoms with Gasteiger partial charge < -0.3 is 10.6 Å². The molecule has 0 radical (unpaired) electrons. The van der Waals surface area contributed by atoms with E-state index in [1.165, 1.54) is 18.7 Å². The topological polar surface area (TPSA) is 58.2 Å². The molecule has 1 aromatic carbocycles. The second-order valence-corrected chi connectivity index (χ2v) is 6.19. The van der Waals surface area contributed by atoms with Gasteiger partial charge in [0, 0.05) is 29.1 Å². The fourth-order valence-corrected chi connectivity index (χ4v) is 2.70. The van der Waals surface area contributed by atoms with Gasteiger partial charge in [-0.25, -0.2) is 0 Å². The molecule has 21 heavy (non-hydrogen) atoms. The molecule has 6 heteroatoms. The molecule has 0 heterocycles. The maximum atomic E-state index is 12.1. The van der Waals surface area contributed by atoms with Crippen LogP contribution in [0.4, 0.5) is 0 Å². The number of hydrogen-bond acceptors (Lipinski definition) is 3. The van der Waals surface area contributed by atoms with E-state index < -0.39 is 6.04 Å². The van der Waals surface area contributed by atoms with Gasteiger partial charge in [0.25, 0.3) is 0 Å². The molecular formula is C15H21ClN2O2S. The molecule has 4 nitrogen and oxygen atoms in total. The minimum absolute atomic E-state index is 0.139. The number of carbonyl (C=O) groups is 2. The van der Waals surface area contributed by atoms with Crippen molar-refractivity contribution in [2.45, 2.75) is 37.6 Å². The number of hydrogen-bond donors (Lipinski definition) is 2. The van der Waals surface area contributed by atoms with Crippen molar-refractivity contribution in [3.8, 4) is 0 Å². The van der Waals surface area contributed by atoms with Gasteiger partial charge in [-0.05, 0) is 30.7 Å². The van der Waals surface area contributed by atoms with Crippen LogP contribution in [0.25, 0.3) is 0 Å². The predicted octanol–water partition coefficient (Wildman–Crippen LogP) is 2.85. The highest BCUT2D eigenvalue weighted by molar-refractivity contribution is 7.99. The molecule has 0 fully saturated rings. The average molecular weight is 329 g/mol. The molecule has 2 N–H and O–H groups in total. The van der Waals surface area contributed by atoms with E-state index in [1.54, 1.807) is 12.1 Å². The molecule has 1 aromatic rings. The Kier molecular flexibility index (Phi) is 8.23. The van der Waals surface area contributed by atoms with E-state index in [0.29, 0.717) is 17.3 Å². The first-order chi connectivity index (χ1) is 10.0. The van der Waals surface area contributed by atoms with E-state index >= 15 is 0 Å². The van der Waals surface area contributed by atoms with Crippen LogP contribution in [-0.4, -0.2) is 30.2 Å². The lowest BCUT2D eigenvalue weighted by molar-refractivity contribution is -0.127. The summed E-state index contributed by atoms with van der Waals surface area (Å²) in [5.41, 5.74) is 0. The van der Waals surface area contributed by atoms with Crippen LogP contribution in [0.5, 0.6) is 0 Å². The van der Waals surface area contributed by atoms with Crippen LogP contribution in [0, 0.1) is 0 Å². The van der Waals surface area contributed by atoms with Crippen molar-refractivity contribution in [2.75, 3.05) is 12.3 Å². The molecular weight excluding hydrogens is 308 g/mol. The third-order valence-electron chi connectivity index (χ3n) is 2.75. The fourth-order valence-electron chi connectivity index (χ4n) is 1.65. The first kappa shape index (κ1) is 17.9. The summed E-state index contributed by atoms with van der Waals surface area (Å²) in [6.07, 6.45) is 1.95. The Morgan fingerprint density at radius 2 is 1.95 bits per heavy atom. The highest BCUT2D eigenvalue weighted by Gasteiger charge is 2.19. The maximum absolute atomic E-state index is 12.1. The van der Waals surface area contributed by atoms with Crippen LogP contribution >= 0.6 is 23.4 Å². The Labute approximate surface area is 135 Å². The minimum atomic E-state index is -0.528. The zero-order valence-electron chi connectivity index (χ0n) is 12.3. The highest BCUT2D eigenvalue weighted by Crippen LogP contribution is 2.21. The summed E-state index contributed by atoms with van der Waals surface area (Å²) in [5.74, 6) is 0.140. The van der Waals surface area contributed by atoms with E-state index in [1.807, 2.05) is 12.1 Å². The lowest BCUT2D eigenvalue weighted by Crippen LogP contribution is -2.47. The maximum Gasteiger partial charge on any atom is 0.243 e. The molecule has 0 aliphatic carbocycles. The Morgan fingerprint density at radius 3 is 2.52 bits per heavy atom. The van der Waals surface area contributed by atoms with Gasteiger partial charge >= 0.3 is 0 Å². The van der Waals surface area contributed by atoms with Gasteiger partial charge in [0.2, 0.25) is 11.8 Å². The zero-order chi connectivity index (χ0) is 15.7. The van der Waals surface area contributed by atoms with Crippen molar-refractivity contribution in [2.24, 2.45) is 0 Å². The zero-order valence-corrected chi connectivity index (χ0v) is 13.9. The fraction of sp³-hybridized carbons (Fsp3) is 0.467. The number of halogens is 1. The Balaban J connectivity index is 2.54. The third-order valence-corrected chi connectivity index (χ3v) is 4.11. The van der Waals surface area contributed by atoms with E-state index in [4.69, 9.17) is 11.6 Å². The predicted molar refractivity (Wildman–Crippen MR) is 87.7 cm³/mol. The Hall–Kier alpha value is -1.20. The molecule has 1 rings (SSSR count). The van der Waals surface area contributed by atoms with Gasteiger partial charge in [-0.15, -0.1) is 11.8 Å². The van der Waals surface area contributed by atoms with E-state index in [2.05, 4.69) is 17.6 Å². The molecule has 1 atom stereocenters. The van der Waals surface area contributed by atoms with Crippen molar-refractivity contribution < 1.29 is 9.59 Å². The van der Waals surface area contributed by atoms with Crippen LogP contribution in [0.3, 0.4) is 0 Å². The number of thioether (sulfide) groups is 1. The smallest absolute Gasteiger partial charge is 0.243 e. The summed E-state index contributed by atoms with van der Waals surface area (Å²) >= 11 is 7.35. The monoisotopic (exact) mass is 328 g/mol. The molecule has 1 unspecified atom stereocenters. The van der Waals surface area contributed by atoms with Gasteiger partial charge in [-0.2, -0.15) is 0 Å². The molecule has 0 aromatic heterocycles. The van der Waals surface area contributed by atoms with Crippen LogP contribution < -0.4 is 10.6 Å². The number of rotatable bonds is 8. The van der Waals surface area contributed by atoms with Crippen molar-refractivity contribution >= 4 is 35.2 Å². The van der Waals surface area contributed by atoms with Crippen molar-refractivity contribution in [1.82, 2.24) is 10.6 Å². The highest BCUT2D eigenvalue weighted by atomic mass is 35.5. The normalized spacial score (nSPS) is 11.8. The lowest BCUT2D eigenvalue weighted by Gasteiger charge is -2.17. The molecule has 0 aliphatic heterocycles. The molecule has 2 amide bonds. The largest absolute Gasteiger partial charge is 0.354 e. The van der Waals surface area contributed by atoms with E-state index in [-0.39, 0.29) is 11.8 Å². The Bertz CT molecular complexity index is 465. The lowest BCUT2D eigenvalue weighted by atomic mass is 10.3. The molecule has 0 aliphatic rings. The van der Waals surface area contributed by atoms with Crippen LogP contribution in [0.15, 0.2) is 29.2 Å². The SMILES string of the molecule is CCCCNC(=O)C(CSc1ccc(Cl)cc1)NC(C)=O. The second kappa shape index (κ2) is 9.68. The van der Waals surface area contributed by atoms with Gasteiger partial charge in [-0.1, -0.05) is 24.9 Å². The van der Waals surface area contributed by atoms with Gasteiger partial charge in [-0.3, -0.25) is 9.59 Å². The van der Waals surface area contributed by atoms with Gasteiger partial charge in [0.1, 0.15) is 6.04 Å². The number of unbranched alkanes of at least 4 members (excludes halogenated alkanes) is 1. The minimum Gasteiger partial charge on any atom is -0.354 e. The van der Waals surface area contributed by atoms with Crippen LogP contribution in [0.2, 0.25) is 5.02 Å². The van der Waals surface area contributed by atoms with Gasteiger partial charge in [0.15, 0.2) is 0 Å². The van der Waals surface area contributed by atoms with E-state index in [9.17, 15) is 9.59 Å². The summed E-state index contributed by atoms with van der Waals surface area (Å²) in [6, 6.07) is 6.87. The second-order valence-electron chi connectivity index (χ2n) is 4.66. The first-order valence-corrected chi connectivity index (χ1v) is 8.32. The van der Waals surface area contributed by atoms with Crippen LogP contribution in [-0.2, 0) is 9.59 Å². The average Bonchev–Trinajstić information content (AvgIpc) is 2.45. The molecule has 0 saturated carbocycles. The number of carbonyl (C=O) groups excluding carboxylic acids is 2. The van der Waals surface area contributed by atoms with Crippen molar-refractivity contribution in [3.63, 3.8) is 0 Å². The van der Waals surface area contributed by atoms with Crippen molar-refractivity contribution in [3.05, 3.63) is 29.3 Å². The summed E-state index contributed by atoms with van der Waals surface area (Å²) in [7, 11) is 0. The molecule has 0 saturated heterocycles. The molecule has 0 bridgehead atoms. The number of nitrogens with one attached hydrogen (secondary N) is 2. The first-order valence-electron chi connectivity index (χ1n) is 6.96. The summed E-state index contributed by atoms with van der Waals surface area (Å²) in [5, 5.41) is 6.21. The molecule has 116 valence electrons. The standard InChI is InChI=1S/C15H21ClN2O2S/c1-3-4-9-17-15(20)14(18-11(2)19)10-21-13-7-5-12(16)6-8-13/h5-8,14H,3-4,9-10H2,1-2H3,(H,17,20)(H,18,19). The van der Waals surface area contributed by atoms with E-state index in [0.717, 1.165) is 17.7 Å². The number of amides is 2. The summed E-state index contributed by atoms with van der Waals surface area (Å²) in [6.45, 7) is 4.12. The number of benzene rings is 1. The van der Waals surface area contributed by atoms with Gasteiger partial charge in [0.05, 0.1) is 0 Å². The summed E-state index contributed by atoms with van der Waals surface area (Å²) in [4.78, 5) is 24.3. The van der Waals surface area contributed by atoms with Crippen LogP contribution in [0.1, 0.15) is 26.7 Å². The Morgan fingerprint density at radius 1 is 1.29 bits per heavy atom. The summed E-state index contributed by atoms with van der Waals surface area (Å²) < 4.78 is 0. The molecule has 0 spiro atoms.